The van der Waals surface area contributed by atoms with Crippen LogP contribution in [-0.2, 0) is 9.53 Å². The average Bonchev–Trinajstić information content (AvgIpc) is 2.47. The largest absolute Gasteiger partial charge is 0.456 e. The van der Waals surface area contributed by atoms with Crippen molar-refractivity contribution >= 4 is 5.97 Å². The van der Waals surface area contributed by atoms with Crippen molar-refractivity contribution in [1.29, 1.82) is 0 Å². The van der Waals surface area contributed by atoms with Crippen LogP contribution in [0.2, 0.25) is 0 Å². The molecular weight excluding hydrogens is 224 g/mol. The molecule has 2 aliphatic rings. The number of fused-ring (bicyclic) bond motifs is 3. The summed E-state index contributed by atoms with van der Waals surface area (Å²) < 4.78 is 5.86. The summed E-state index contributed by atoms with van der Waals surface area (Å²) in [6.45, 7) is 5.45. The summed E-state index contributed by atoms with van der Waals surface area (Å²) in [5, 5.41) is 0. The van der Waals surface area contributed by atoms with Crippen molar-refractivity contribution in [2.75, 3.05) is 0 Å². The van der Waals surface area contributed by atoms with Gasteiger partial charge in [-0.1, -0.05) is 32.3 Å². The predicted molar refractivity (Wildman–Crippen MR) is 73.3 cm³/mol. The van der Waals surface area contributed by atoms with Crippen molar-refractivity contribution in [3.8, 4) is 0 Å². The molecule has 2 aliphatic carbocycles. The molecule has 2 bridgehead atoms. The van der Waals surface area contributed by atoms with Gasteiger partial charge in [0, 0.05) is 5.57 Å². The Labute approximate surface area is 111 Å². The van der Waals surface area contributed by atoms with Gasteiger partial charge in [-0.15, -0.1) is 0 Å². The van der Waals surface area contributed by atoms with E-state index in [9.17, 15) is 4.79 Å². The summed E-state index contributed by atoms with van der Waals surface area (Å²) in [7, 11) is 0. The lowest BCUT2D eigenvalue weighted by molar-refractivity contribution is -0.157. The highest BCUT2D eigenvalue weighted by Crippen LogP contribution is 2.40. The fraction of sp³-hybridized carbons (Fsp3) is 0.812. The van der Waals surface area contributed by atoms with Crippen LogP contribution in [0.15, 0.2) is 12.2 Å². The molecule has 0 aromatic rings. The average molecular weight is 250 g/mol. The fourth-order valence-electron chi connectivity index (χ4n) is 3.48. The highest BCUT2D eigenvalue weighted by molar-refractivity contribution is 5.87. The first-order valence-electron chi connectivity index (χ1n) is 7.50. The van der Waals surface area contributed by atoms with Gasteiger partial charge in [-0.05, 0) is 51.4 Å². The van der Waals surface area contributed by atoms with Gasteiger partial charge in [0.1, 0.15) is 5.60 Å². The first kappa shape index (κ1) is 13.6. The van der Waals surface area contributed by atoms with Crippen LogP contribution in [0.25, 0.3) is 0 Å². The maximum absolute atomic E-state index is 11.9. The van der Waals surface area contributed by atoms with Gasteiger partial charge in [0.25, 0.3) is 0 Å². The monoisotopic (exact) mass is 250 g/mol. The highest BCUT2D eigenvalue weighted by atomic mass is 16.6. The topological polar surface area (TPSA) is 26.3 Å². The third-order valence-electron chi connectivity index (χ3n) is 4.66. The molecule has 2 atom stereocenters. The molecule has 2 nitrogen and oxygen atoms in total. The lowest BCUT2D eigenvalue weighted by Crippen LogP contribution is -2.35. The van der Waals surface area contributed by atoms with Crippen molar-refractivity contribution < 1.29 is 9.53 Å². The molecule has 2 heteroatoms. The SMILES string of the molecule is C=C(C)C(=O)OC12CCCCCC(CCC1)CC2. The Hall–Kier alpha value is -0.790. The normalized spacial score (nSPS) is 32.8. The Morgan fingerprint density at radius 3 is 2.56 bits per heavy atom. The van der Waals surface area contributed by atoms with Gasteiger partial charge in [0.2, 0.25) is 0 Å². The van der Waals surface area contributed by atoms with E-state index in [-0.39, 0.29) is 11.6 Å². The van der Waals surface area contributed by atoms with E-state index in [4.69, 9.17) is 4.74 Å². The minimum absolute atomic E-state index is 0.172. The molecule has 0 aromatic heterocycles. The summed E-state index contributed by atoms with van der Waals surface area (Å²) in [5.41, 5.74) is 0.361. The standard InChI is InChI=1S/C16H26O2/c1-13(2)15(17)18-16-10-5-3-4-7-14(9-12-16)8-6-11-16/h14H,1,3-12H2,2H3. The first-order valence-corrected chi connectivity index (χ1v) is 7.50. The minimum Gasteiger partial charge on any atom is -0.456 e. The Kier molecular flexibility index (Phi) is 4.47. The maximum Gasteiger partial charge on any atom is 0.333 e. The summed E-state index contributed by atoms with van der Waals surface area (Å²) >= 11 is 0. The summed E-state index contributed by atoms with van der Waals surface area (Å²) in [5.74, 6) is 0.682. The molecule has 2 unspecified atom stereocenters. The fourth-order valence-corrected chi connectivity index (χ4v) is 3.48. The van der Waals surface area contributed by atoms with Crippen LogP contribution in [0, 0.1) is 5.92 Å². The molecule has 0 aliphatic heterocycles. The van der Waals surface area contributed by atoms with Crippen LogP contribution in [0.1, 0.15) is 71.1 Å². The van der Waals surface area contributed by atoms with Crippen molar-refractivity contribution in [2.24, 2.45) is 5.92 Å². The Morgan fingerprint density at radius 1 is 1.06 bits per heavy atom. The minimum atomic E-state index is -0.187. The van der Waals surface area contributed by atoms with E-state index in [1.807, 2.05) is 0 Å². The highest BCUT2D eigenvalue weighted by Gasteiger charge is 2.37. The van der Waals surface area contributed by atoms with Gasteiger partial charge >= 0.3 is 5.97 Å². The van der Waals surface area contributed by atoms with E-state index >= 15 is 0 Å². The summed E-state index contributed by atoms with van der Waals surface area (Å²) in [6, 6.07) is 0. The van der Waals surface area contributed by atoms with Crippen molar-refractivity contribution in [1.82, 2.24) is 0 Å². The van der Waals surface area contributed by atoms with Crippen molar-refractivity contribution in [3.05, 3.63) is 12.2 Å². The molecule has 2 rings (SSSR count). The van der Waals surface area contributed by atoms with Gasteiger partial charge in [-0.2, -0.15) is 0 Å². The number of hydrogen-bond donors (Lipinski definition) is 0. The number of rotatable bonds is 2. The lowest BCUT2D eigenvalue weighted by Gasteiger charge is -2.32. The third-order valence-corrected chi connectivity index (χ3v) is 4.66. The zero-order valence-electron chi connectivity index (χ0n) is 11.7. The summed E-state index contributed by atoms with van der Waals surface area (Å²) in [4.78, 5) is 11.9. The summed E-state index contributed by atoms with van der Waals surface area (Å²) in [6.07, 6.45) is 12.2. The van der Waals surface area contributed by atoms with E-state index in [2.05, 4.69) is 6.58 Å². The van der Waals surface area contributed by atoms with E-state index in [0.717, 1.165) is 25.2 Å². The van der Waals surface area contributed by atoms with Gasteiger partial charge in [0.05, 0.1) is 0 Å². The second-order valence-corrected chi connectivity index (χ2v) is 6.25. The molecule has 0 amide bonds. The molecule has 0 N–H and O–H groups in total. The molecule has 0 spiro atoms. The first-order chi connectivity index (χ1) is 8.61. The quantitative estimate of drug-likeness (QED) is 0.536. The van der Waals surface area contributed by atoms with Crippen LogP contribution in [0.4, 0.5) is 0 Å². The molecule has 2 fully saturated rings. The van der Waals surface area contributed by atoms with Crippen LogP contribution < -0.4 is 0 Å². The molecule has 0 radical (unpaired) electrons. The van der Waals surface area contributed by atoms with Crippen LogP contribution in [0.3, 0.4) is 0 Å². The number of esters is 1. The van der Waals surface area contributed by atoms with Crippen LogP contribution >= 0.6 is 0 Å². The number of hydrogen-bond acceptors (Lipinski definition) is 2. The van der Waals surface area contributed by atoms with Crippen LogP contribution in [-0.4, -0.2) is 11.6 Å². The molecule has 0 heterocycles. The van der Waals surface area contributed by atoms with Crippen molar-refractivity contribution in [3.63, 3.8) is 0 Å². The van der Waals surface area contributed by atoms with Crippen molar-refractivity contribution in [2.45, 2.75) is 76.7 Å². The Balaban J connectivity index is 2.10. The number of ether oxygens (including phenoxy) is 1. The number of carbonyl (C=O) groups is 1. The number of carbonyl (C=O) groups excluding carboxylic acids is 1. The molecule has 18 heavy (non-hydrogen) atoms. The van der Waals surface area contributed by atoms with Gasteiger partial charge in [-0.25, -0.2) is 4.79 Å². The Bertz CT molecular complexity index is 321. The van der Waals surface area contributed by atoms with Crippen LogP contribution in [0.5, 0.6) is 0 Å². The van der Waals surface area contributed by atoms with E-state index in [1.165, 1.54) is 44.9 Å². The maximum atomic E-state index is 11.9. The molecule has 102 valence electrons. The van der Waals surface area contributed by atoms with E-state index < -0.39 is 0 Å². The third kappa shape index (κ3) is 3.37. The van der Waals surface area contributed by atoms with E-state index in [1.54, 1.807) is 6.92 Å². The molecule has 0 saturated heterocycles. The van der Waals surface area contributed by atoms with Gasteiger partial charge < -0.3 is 4.74 Å². The second kappa shape index (κ2) is 5.90. The van der Waals surface area contributed by atoms with E-state index in [0.29, 0.717) is 5.57 Å². The Morgan fingerprint density at radius 2 is 1.78 bits per heavy atom. The lowest BCUT2D eigenvalue weighted by atomic mass is 9.88. The zero-order valence-corrected chi connectivity index (χ0v) is 11.7. The smallest absolute Gasteiger partial charge is 0.333 e. The second-order valence-electron chi connectivity index (χ2n) is 6.25. The van der Waals surface area contributed by atoms with Gasteiger partial charge in [0.15, 0.2) is 0 Å². The predicted octanol–water partition coefficient (Wildman–Crippen LogP) is 4.39. The molecule has 2 saturated carbocycles. The molecular formula is C16H26O2. The molecule has 0 aromatic carbocycles. The zero-order chi connectivity index (χ0) is 13.0. The van der Waals surface area contributed by atoms with Gasteiger partial charge in [-0.3, -0.25) is 0 Å².